The van der Waals surface area contributed by atoms with Crippen LogP contribution in [0.2, 0.25) is 0 Å². The van der Waals surface area contributed by atoms with Gasteiger partial charge in [0, 0.05) is 17.4 Å². The van der Waals surface area contributed by atoms with Crippen LogP contribution < -0.4 is 10.1 Å². The molecule has 1 aromatic heterocycles. The van der Waals surface area contributed by atoms with Crippen LogP contribution in [0, 0.1) is 18.7 Å². The van der Waals surface area contributed by atoms with Gasteiger partial charge in [0.1, 0.15) is 11.6 Å². The molecule has 158 valence electrons. The fourth-order valence-electron chi connectivity index (χ4n) is 3.12. The molecular weight excluding hydrogens is 399 g/mol. The van der Waals surface area contributed by atoms with Crippen molar-refractivity contribution in [3.05, 3.63) is 77.4 Å². The predicted octanol–water partition coefficient (Wildman–Crippen LogP) is 4.94. The van der Waals surface area contributed by atoms with Gasteiger partial charge < -0.3 is 15.2 Å². The second kappa shape index (κ2) is 8.55. The number of halogens is 1. The van der Waals surface area contributed by atoms with E-state index in [1.807, 2.05) is 0 Å². The van der Waals surface area contributed by atoms with E-state index in [1.165, 1.54) is 43.3 Å². The number of nitrogens with zero attached hydrogens (tertiary/aromatic N) is 1. The first-order chi connectivity index (χ1) is 14.9. The van der Waals surface area contributed by atoms with Gasteiger partial charge in [0.2, 0.25) is 0 Å². The number of carboxylic acid groups (broad SMARTS) is 1. The lowest BCUT2D eigenvalue weighted by Crippen LogP contribution is -2.14. The molecule has 1 aliphatic carbocycles. The first kappa shape index (κ1) is 20.5. The van der Waals surface area contributed by atoms with Gasteiger partial charge in [-0.2, -0.15) is 0 Å². The number of hydrogen-bond acceptors (Lipinski definition) is 4. The number of pyridine rings is 1. The van der Waals surface area contributed by atoms with Crippen molar-refractivity contribution in [2.75, 3.05) is 11.9 Å². The normalized spacial score (nSPS) is 13.0. The summed E-state index contributed by atoms with van der Waals surface area (Å²) in [6.45, 7) is 2.29. The Morgan fingerprint density at radius 1 is 1.10 bits per heavy atom. The zero-order valence-corrected chi connectivity index (χ0v) is 16.9. The average molecular weight is 420 g/mol. The Hall–Kier alpha value is -3.74. The van der Waals surface area contributed by atoms with E-state index < -0.39 is 17.7 Å². The molecule has 7 heteroatoms. The third kappa shape index (κ3) is 4.88. The number of aryl methyl sites for hydroxylation is 1. The largest absolute Gasteiger partial charge is 0.493 e. The Bertz CT molecular complexity index is 1140. The van der Waals surface area contributed by atoms with E-state index in [9.17, 15) is 19.1 Å². The Kier molecular flexibility index (Phi) is 5.66. The molecule has 1 heterocycles. The third-order valence-electron chi connectivity index (χ3n) is 5.16. The maximum atomic E-state index is 14.4. The SMILES string of the molecule is Cc1ncc(-c2ccc(F)c(C(=O)Nc3ccc(OCC4CC4)cc3)c2)cc1C(=O)O. The molecule has 2 aromatic carbocycles. The molecule has 1 saturated carbocycles. The number of nitrogens with one attached hydrogen (secondary N) is 1. The lowest BCUT2D eigenvalue weighted by atomic mass is 10.0. The number of aromatic carboxylic acids is 1. The van der Waals surface area contributed by atoms with Crippen molar-refractivity contribution in [2.45, 2.75) is 19.8 Å². The molecule has 0 saturated heterocycles. The maximum absolute atomic E-state index is 14.4. The monoisotopic (exact) mass is 420 g/mol. The molecule has 0 atom stereocenters. The number of amides is 1. The third-order valence-corrected chi connectivity index (χ3v) is 5.16. The zero-order chi connectivity index (χ0) is 22.0. The van der Waals surface area contributed by atoms with Crippen LogP contribution in [0.3, 0.4) is 0 Å². The standard InChI is InChI=1S/C24H21FN2O4/c1-14-20(24(29)30)11-17(12-26-14)16-4-9-22(25)21(10-16)23(28)27-18-5-7-19(8-6-18)31-13-15-2-3-15/h4-12,15H,2-3,13H2,1H3,(H,27,28)(H,29,30). The summed E-state index contributed by atoms with van der Waals surface area (Å²) in [5, 5.41) is 12.0. The Morgan fingerprint density at radius 3 is 2.48 bits per heavy atom. The number of rotatable bonds is 7. The first-order valence-corrected chi connectivity index (χ1v) is 9.95. The van der Waals surface area contributed by atoms with Gasteiger partial charge in [0.15, 0.2) is 0 Å². The number of aromatic nitrogens is 1. The molecule has 0 radical (unpaired) electrons. The molecule has 2 N–H and O–H groups in total. The summed E-state index contributed by atoms with van der Waals surface area (Å²) in [5.41, 5.74) is 1.76. The Morgan fingerprint density at radius 2 is 1.81 bits per heavy atom. The van der Waals surface area contributed by atoms with Gasteiger partial charge >= 0.3 is 5.97 Å². The number of carbonyl (C=O) groups excluding carboxylic acids is 1. The summed E-state index contributed by atoms with van der Waals surface area (Å²) in [7, 11) is 0. The average Bonchev–Trinajstić information content (AvgIpc) is 3.58. The van der Waals surface area contributed by atoms with Crippen LogP contribution in [0.1, 0.15) is 39.3 Å². The number of carbonyl (C=O) groups is 2. The van der Waals surface area contributed by atoms with Crippen molar-refractivity contribution in [1.82, 2.24) is 4.98 Å². The van der Waals surface area contributed by atoms with E-state index in [0.29, 0.717) is 35.0 Å². The predicted molar refractivity (Wildman–Crippen MR) is 114 cm³/mol. The summed E-state index contributed by atoms with van der Waals surface area (Å²) in [6.07, 6.45) is 3.90. The van der Waals surface area contributed by atoms with Crippen LogP contribution in [0.25, 0.3) is 11.1 Å². The lowest BCUT2D eigenvalue weighted by molar-refractivity contribution is 0.0695. The summed E-state index contributed by atoms with van der Waals surface area (Å²) in [6, 6.07) is 12.4. The number of hydrogen-bond donors (Lipinski definition) is 2. The van der Waals surface area contributed by atoms with Crippen LogP contribution in [0.5, 0.6) is 5.75 Å². The van der Waals surface area contributed by atoms with Gasteiger partial charge in [-0.3, -0.25) is 9.78 Å². The van der Waals surface area contributed by atoms with Crippen LogP contribution in [0.15, 0.2) is 54.7 Å². The van der Waals surface area contributed by atoms with Crippen molar-refractivity contribution in [2.24, 2.45) is 5.92 Å². The molecule has 3 aromatic rings. The van der Waals surface area contributed by atoms with Gasteiger partial charge in [-0.1, -0.05) is 6.07 Å². The van der Waals surface area contributed by atoms with Crippen LogP contribution in [0.4, 0.5) is 10.1 Å². The summed E-state index contributed by atoms with van der Waals surface area (Å²) < 4.78 is 20.0. The highest BCUT2D eigenvalue weighted by Gasteiger charge is 2.22. The van der Waals surface area contributed by atoms with Crippen molar-refractivity contribution < 1.29 is 23.8 Å². The zero-order valence-electron chi connectivity index (χ0n) is 16.9. The molecule has 0 aliphatic heterocycles. The van der Waals surface area contributed by atoms with Crippen LogP contribution in [-0.2, 0) is 0 Å². The maximum Gasteiger partial charge on any atom is 0.337 e. The molecular formula is C24H21FN2O4. The molecule has 1 fully saturated rings. The molecule has 0 unspecified atom stereocenters. The molecule has 4 rings (SSSR count). The van der Waals surface area contributed by atoms with E-state index >= 15 is 0 Å². The number of anilines is 1. The molecule has 0 spiro atoms. The van der Waals surface area contributed by atoms with Gasteiger partial charge in [0.25, 0.3) is 5.91 Å². The fourth-order valence-corrected chi connectivity index (χ4v) is 3.12. The molecule has 31 heavy (non-hydrogen) atoms. The second-order valence-corrected chi connectivity index (χ2v) is 7.59. The first-order valence-electron chi connectivity index (χ1n) is 9.95. The smallest absolute Gasteiger partial charge is 0.337 e. The highest BCUT2D eigenvalue weighted by Crippen LogP contribution is 2.30. The number of ether oxygens (including phenoxy) is 1. The minimum atomic E-state index is -1.10. The summed E-state index contributed by atoms with van der Waals surface area (Å²) >= 11 is 0. The van der Waals surface area contributed by atoms with Gasteiger partial charge in [-0.25, -0.2) is 9.18 Å². The van der Waals surface area contributed by atoms with Crippen molar-refractivity contribution in [3.8, 4) is 16.9 Å². The Balaban J connectivity index is 1.52. The van der Waals surface area contributed by atoms with Crippen LogP contribution >= 0.6 is 0 Å². The lowest BCUT2D eigenvalue weighted by Gasteiger charge is -2.10. The van der Waals surface area contributed by atoms with Gasteiger partial charge in [-0.05, 0) is 73.7 Å². The Labute approximate surface area is 178 Å². The molecule has 1 amide bonds. The number of carboxylic acids is 1. The topological polar surface area (TPSA) is 88.5 Å². The van der Waals surface area contributed by atoms with E-state index in [-0.39, 0.29) is 11.1 Å². The second-order valence-electron chi connectivity index (χ2n) is 7.59. The van der Waals surface area contributed by atoms with E-state index in [1.54, 1.807) is 31.2 Å². The van der Waals surface area contributed by atoms with E-state index in [0.717, 1.165) is 5.75 Å². The van der Waals surface area contributed by atoms with Crippen molar-refractivity contribution in [3.63, 3.8) is 0 Å². The summed E-state index contributed by atoms with van der Waals surface area (Å²) in [5.74, 6) is -1.02. The molecule has 6 nitrogen and oxygen atoms in total. The summed E-state index contributed by atoms with van der Waals surface area (Å²) in [4.78, 5) is 28.1. The minimum Gasteiger partial charge on any atom is -0.493 e. The molecule has 1 aliphatic rings. The van der Waals surface area contributed by atoms with Gasteiger partial charge in [0.05, 0.1) is 23.4 Å². The van der Waals surface area contributed by atoms with Crippen molar-refractivity contribution in [1.29, 1.82) is 0 Å². The highest BCUT2D eigenvalue weighted by atomic mass is 19.1. The van der Waals surface area contributed by atoms with Crippen molar-refractivity contribution >= 4 is 17.6 Å². The van der Waals surface area contributed by atoms with E-state index in [2.05, 4.69) is 10.3 Å². The fraction of sp³-hybridized carbons (Fsp3) is 0.208. The highest BCUT2D eigenvalue weighted by molar-refractivity contribution is 6.05. The van der Waals surface area contributed by atoms with E-state index in [4.69, 9.17) is 4.74 Å². The number of benzene rings is 2. The van der Waals surface area contributed by atoms with Crippen LogP contribution in [-0.4, -0.2) is 28.6 Å². The molecule has 0 bridgehead atoms. The minimum absolute atomic E-state index is 0.0526. The van der Waals surface area contributed by atoms with Gasteiger partial charge in [-0.15, -0.1) is 0 Å². The quantitative estimate of drug-likeness (QED) is 0.565.